The molecule has 1 fully saturated rings. The largest absolute Gasteiger partial charge is 0.493 e. The Morgan fingerprint density at radius 3 is 2.69 bits per heavy atom. The number of fused-ring (bicyclic) bond motifs is 1. The number of anilines is 2. The molecule has 7 nitrogen and oxygen atoms in total. The van der Waals surface area contributed by atoms with Crippen molar-refractivity contribution < 1.29 is 9.47 Å². The van der Waals surface area contributed by atoms with Gasteiger partial charge in [-0.3, -0.25) is 4.90 Å². The molecular formula is C21H28ClN5O2. The first kappa shape index (κ1) is 20.0. The molecule has 0 saturated carbocycles. The second kappa shape index (κ2) is 8.63. The van der Waals surface area contributed by atoms with Crippen LogP contribution in [0.15, 0.2) is 12.1 Å². The van der Waals surface area contributed by atoms with Gasteiger partial charge in [-0.15, -0.1) is 0 Å². The molecule has 1 saturated heterocycles. The quantitative estimate of drug-likeness (QED) is 0.772. The summed E-state index contributed by atoms with van der Waals surface area (Å²) in [6.45, 7) is 6.88. The molecule has 2 aliphatic rings. The number of methoxy groups -OCH3 is 1. The summed E-state index contributed by atoms with van der Waals surface area (Å²) in [5.41, 5.74) is 9.48. The van der Waals surface area contributed by atoms with E-state index in [4.69, 9.17) is 31.8 Å². The number of nitrogen functional groups attached to an aromatic ring is 1. The van der Waals surface area contributed by atoms with E-state index in [9.17, 15) is 0 Å². The molecule has 0 bridgehead atoms. The first-order chi connectivity index (χ1) is 14.1. The summed E-state index contributed by atoms with van der Waals surface area (Å²) in [4.78, 5) is 14.0. The molecular weight excluding hydrogens is 390 g/mol. The van der Waals surface area contributed by atoms with Crippen LogP contribution in [0.1, 0.15) is 36.6 Å². The Labute approximate surface area is 176 Å². The summed E-state index contributed by atoms with van der Waals surface area (Å²) in [6.07, 6.45) is 3.23. The fraction of sp³-hybridized carbons (Fsp3) is 0.524. The molecule has 0 radical (unpaired) electrons. The van der Waals surface area contributed by atoms with Crippen molar-refractivity contribution in [1.29, 1.82) is 0 Å². The molecule has 1 aromatic heterocycles. The maximum atomic E-state index is 6.44. The van der Waals surface area contributed by atoms with Crippen LogP contribution >= 0.6 is 11.6 Å². The highest BCUT2D eigenvalue weighted by Crippen LogP contribution is 2.37. The lowest BCUT2D eigenvalue weighted by atomic mass is 10.0. The van der Waals surface area contributed by atoms with Gasteiger partial charge in [-0.2, -0.15) is 4.98 Å². The van der Waals surface area contributed by atoms with Gasteiger partial charge < -0.3 is 20.1 Å². The molecule has 2 N–H and O–H groups in total. The molecule has 8 heteroatoms. The van der Waals surface area contributed by atoms with Crippen LogP contribution in [0.25, 0.3) is 0 Å². The van der Waals surface area contributed by atoms with Gasteiger partial charge in [0.2, 0.25) is 5.95 Å². The lowest BCUT2D eigenvalue weighted by Crippen LogP contribution is -2.32. The van der Waals surface area contributed by atoms with Crippen molar-refractivity contribution >= 4 is 23.4 Å². The van der Waals surface area contributed by atoms with Crippen LogP contribution in [0, 0.1) is 0 Å². The van der Waals surface area contributed by atoms with Gasteiger partial charge in [0.05, 0.1) is 24.4 Å². The minimum absolute atomic E-state index is 0.540. The lowest BCUT2D eigenvalue weighted by molar-refractivity contribution is 0.241. The van der Waals surface area contributed by atoms with Crippen LogP contribution in [-0.4, -0.2) is 48.2 Å². The molecule has 2 aromatic rings. The van der Waals surface area contributed by atoms with Crippen molar-refractivity contribution in [2.24, 2.45) is 0 Å². The van der Waals surface area contributed by atoms with Gasteiger partial charge in [-0.1, -0.05) is 11.6 Å². The van der Waals surface area contributed by atoms with Gasteiger partial charge in [0.15, 0.2) is 11.5 Å². The number of benzene rings is 1. The third kappa shape index (κ3) is 4.21. The average molecular weight is 418 g/mol. The Morgan fingerprint density at radius 1 is 1.17 bits per heavy atom. The normalized spacial score (nSPS) is 16.7. The van der Waals surface area contributed by atoms with E-state index < -0.39 is 0 Å². The molecule has 0 aliphatic carbocycles. The lowest BCUT2D eigenvalue weighted by Gasteiger charge is -2.29. The molecule has 2 aliphatic heterocycles. The zero-order valence-corrected chi connectivity index (χ0v) is 17.8. The van der Waals surface area contributed by atoms with Crippen molar-refractivity contribution in [3.05, 3.63) is 34.0 Å². The highest BCUT2D eigenvalue weighted by atomic mass is 35.5. The summed E-state index contributed by atoms with van der Waals surface area (Å²) < 4.78 is 11.1. The Balaban J connectivity index is 1.53. The maximum absolute atomic E-state index is 6.44. The Kier molecular flexibility index (Phi) is 5.96. The van der Waals surface area contributed by atoms with E-state index in [-0.39, 0.29) is 0 Å². The van der Waals surface area contributed by atoms with E-state index in [0.717, 1.165) is 61.9 Å². The Hall–Kier alpha value is -2.25. The van der Waals surface area contributed by atoms with E-state index >= 15 is 0 Å². The van der Waals surface area contributed by atoms with Crippen LogP contribution in [0.2, 0.25) is 5.02 Å². The number of nitrogens with two attached hydrogens (primary N) is 1. The summed E-state index contributed by atoms with van der Waals surface area (Å²) >= 11 is 6.44. The zero-order valence-electron chi connectivity index (χ0n) is 17.1. The summed E-state index contributed by atoms with van der Waals surface area (Å²) in [6, 6.07) is 3.95. The second-order valence-electron chi connectivity index (χ2n) is 7.53. The van der Waals surface area contributed by atoms with Crippen LogP contribution in [-0.2, 0) is 19.5 Å². The van der Waals surface area contributed by atoms with Gasteiger partial charge in [-0.05, 0) is 43.9 Å². The standard InChI is InChI=1S/C21H28ClN5O2/c1-3-29-19-16(22)10-14(11-18(19)28-2)12-26-9-6-15-17(13-26)24-21(25-20(15)23)27-7-4-5-8-27/h10-11H,3-9,12-13H2,1-2H3,(H2,23,24,25). The molecule has 4 rings (SSSR count). The number of ether oxygens (including phenoxy) is 2. The highest BCUT2D eigenvalue weighted by Gasteiger charge is 2.24. The van der Waals surface area contributed by atoms with E-state index in [1.807, 2.05) is 19.1 Å². The van der Waals surface area contributed by atoms with Crippen LogP contribution in [0.5, 0.6) is 11.5 Å². The molecule has 0 atom stereocenters. The third-order valence-electron chi connectivity index (χ3n) is 5.54. The number of hydrogen-bond donors (Lipinski definition) is 1. The summed E-state index contributed by atoms with van der Waals surface area (Å²) in [5, 5.41) is 0.571. The zero-order chi connectivity index (χ0) is 20.4. The first-order valence-corrected chi connectivity index (χ1v) is 10.6. The fourth-order valence-electron chi connectivity index (χ4n) is 4.10. The molecule has 0 unspecified atom stereocenters. The molecule has 156 valence electrons. The van der Waals surface area contributed by atoms with Crippen molar-refractivity contribution in [3.8, 4) is 11.5 Å². The van der Waals surface area contributed by atoms with Crippen molar-refractivity contribution in [2.45, 2.75) is 39.3 Å². The average Bonchev–Trinajstić information content (AvgIpc) is 3.24. The second-order valence-corrected chi connectivity index (χ2v) is 7.94. The van der Waals surface area contributed by atoms with Gasteiger partial charge in [-0.25, -0.2) is 4.98 Å². The smallest absolute Gasteiger partial charge is 0.227 e. The third-order valence-corrected chi connectivity index (χ3v) is 5.82. The van der Waals surface area contributed by atoms with Crippen LogP contribution in [0.3, 0.4) is 0 Å². The van der Waals surface area contributed by atoms with E-state index in [0.29, 0.717) is 28.9 Å². The Bertz CT molecular complexity index is 886. The number of halogens is 1. The molecule has 29 heavy (non-hydrogen) atoms. The minimum Gasteiger partial charge on any atom is -0.493 e. The highest BCUT2D eigenvalue weighted by molar-refractivity contribution is 6.32. The van der Waals surface area contributed by atoms with Crippen molar-refractivity contribution in [3.63, 3.8) is 0 Å². The monoisotopic (exact) mass is 417 g/mol. The molecule has 3 heterocycles. The minimum atomic E-state index is 0.540. The SMILES string of the molecule is CCOc1c(Cl)cc(CN2CCc3c(N)nc(N4CCCC4)nc3C2)cc1OC. The predicted octanol–water partition coefficient (Wildman–Crippen LogP) is 3.28. The summed E-state index contributed by atoms with van der Waals surface area (Å²) in [5.74, 6) is 2.66. The predicted molar refractivity (Wildman–Crippen MR) is 115 cm³/mol. The number of aromatic nitrogens is 2. The van der Waals surface area contributed by atoms with E-state index in [2.05, 4.69) is 14.8 Å². The van der Waals surface area contributed by atoms with Gasteiger partial charge in [0.25, 0.3) is 0 Å². The summed E-state index contributed by atoms with van der Waals surface area (Å²) in [7, 11) is 1.63. The topological polar surface area (TPSA) is 76.7 Å². The van der Waals surface area contributed by atoms with E-state index in [1.165, 1.54) is 12.8 Å². The van der Waals surface area contributed by atoms with Gasteiger partial charge in [0, 0.05) is 38.3 Å². The molecule has 0 spiro atoms. The molecule has 1 aromatic carbocycles. The Morgan fingerprint density at radius 2 is 1.97 bits per heavy atom. The first-order valence-electron chi connectivity index (χ1n) is 10.2. The number of nitrogens with zero attached hydrogens (tertiary/aromatic N) is 4. The fourth-order valence-corrected chi connectivity index (χ4v) is 4.39. The van der Waals surface area contributed by atoms with E-state index in [1.54, 1.807) is 7.11 Å². The number of hydrogen-bond acceptors (Lipinski definition) is 7. The maximum Gasteiger partial charge on any atom is 0.227 e. The van der Waals surface area contributed by atoms with Gasteiger partial charge >= 0.3 is 0 Å². The number of rotatable bonds is 6. The van der Waals surface area contributed by atoms with Crippen LogP contribution in [0.4, 0.5) is 11.8 Å². The van der Waals surface area contributed by atoms with Gasteiger partial charge in [0.1, 0.15) is 5.82 Å². The van der Waals surface area contributed by atoms with Crippen molar-refractivity contribution in [1.82, 2.24) is 14.9 Å². The van der Waals surface area contributed by atoms with Crippen LogP contribution < -0.4 is 20.1 Å². The molecule has 0 amide bonds. The van der Waals surface area contributed by atoms with Crippen molar-refractivity contribution in [2.75, 3.05) is 44.0 Å².